The summed E-state index contributed by atoms with van der Waals surface area (Å²) >= 11 is 0. The Hall–Kier alpha value is -3.80. The van der Waals surface area contributed by atoms with Gasteiger partial charge in [-0.1, -0.05) is 109 Å². The number of aromatic nitrogens is 2. The van der Waals surface area contributed by atoms with Crippen molar-refractivity contribution in [3.05, 3.63) is 149 Å². The number of carbonyl (C=O) groups is 1. The summed E-state index contributed by atoms with van der Waals surface area (Å²) < 4.78 is 30.7. The Labute approximate surface area is 253 Å². The molecule has 1 N–H and O–H groups in total. The van der Waals surface area contributed by atoms with Crippen LogP contribution in [-0.4, -0.2) is 29.1 Å². The molecule has 0 saturated carbocycles. The predicted molar refractivity (Wildman–Crippen MR) is 154 cm³/mol. The fourth-order valence-electron chi connectivity index (χ4n) is 5.19. The van der Waals surface area contributed by atoms with E-state index in [4.69, 9.17) is 4.98 Å². The molecule has 41 heavy (non-hydrogen) atoms. The minimum Gasteiger partial charge on any atom is -0.477 e. The van der Waals surface area contributed by atoms with Gasteiger partial charge < -0.3 is 5.11 Å². The zero-order valence-corrected chi connectivity index (χ0v) is 25.9. The molecular formula is C33H27F2N2O2PtSi-. The number of halogens is 2. The Bertz CT molecular complexity index is 1650. The van der Waals surface area contributed by atoms with Crippen LogP contribution in [0.15, 0.2) is 103 Å². The van der Waals surface area contributed by atoms with Crippen LogP contribution in [-0.2, 0) is 26.5 Å². The Morgan fingerprint density at radius 3 is 1.85 bits per heavy atom. The third-order valence-electron chi connectivity index (χ3n) is 6.93. The third kappa shape index (κ3) is 5.57. The van der Waals surface area contributed by atoms with Crippen molar-refractivity contribution in [1.29, 1.82) is 0 Å². The zero-order valence-electron chi connectivity index (χ0n) is 22.6. The van der Waals surface area contributed by atoms with E-state index in [1.165, 1.54) is 12.1 Å². The Morgan fingerprint density at radius 1 is 0.780 bits per heavy atom. The van der Waals surface area contributed by atoms with E-state index in [0.717, 1.165) is 11.1 Å². The third-order valence-corrected chi connectivity index (χ3v) is 8.88. The molecule has 0 amide bonds. The first-order valence-corrected chi connectivity index (χ1v) is 16.3. The minimum atomic E-state index is -2.38. The van der Waals surface area contributed by atoms with Crippen LogP contribution in [0.2, 0.25) is 19.6 Å². The summed E-state index contributed by atoms with van der Waals surface area (Å²) in [6.45, 7) is 5.66. The molecule has 8 heteroatoms. The van der Waals surface area contributed by atoms with Crippen LogP contribution >= 0.6 is 0 Å². The summed E-state index contributed by atoms with van der Waals surface area (Å²) in [6.07, 6.45) is 0. The molecule has 4 nitrogen and oxygen atoms in total. The van der Waals surface area contributed by atoms with Crippen molar-refractivity contribution in [1.82, 2.24) is 9.97 Å². The number of carboxylic acid groups (broad SMARTS) is 1. The summed E-state index contributed by atoms with van der Waals surface area (Å²) in [5, 5.41) is 9.87. The van der Waals surface area contributed by atoms with E-state index in [-0.39, 0.29) is 37.5 Å². The first-order valence-electron chi connectivity index (χ1n) is 12.8. The molecule has 0 aliphatic carbocycles. The number of hydrogen-bond acceptors (Lipinski definition) is 3. The second-order valence-corrected chi connectivity index (χ2v) is 15.6. The van der Waals surface area contributed by atoms with Crippen molar-refractivity contribution in [3.63, 3.8) is 0 Å². The monoisotopic (exact) mass is 744 g/mol. The molecule has 3 aromatic carbocycles. The number of carboxylic acids is 1. The molecular weight excluding hydrogens is 718 g/mol. The van der Waals surface area contributed by atoms with Gasteiger partial charge in [-0.15, -0.1) is 12.1 Å². The van der Waals surface area contributed by atoms with E-state index >= 15 is 4.39 Å². The van der Waals surface area contributed by atoms with Crippen molar-refractivity contribution in [2.24, 2.45) is 0 Å². The van der Waals surface area contributed by atoms with Crippen LogP contribution in [0.1, 0.15) is 33.0 Å². The van der Waals surface area contributed by atoms with E-state index in [1.54, 1.807) is 24.3 Å². The summed E-state index contributed by atoms with van der Waals surface area (Å²) in [7, 11) is -2.38. The standard InChI is InChI=1S/C33H27F2N2O2Si.Pt/c1-40(2,3)31-25(34)21-20-24(30(31)35)26-16-10-18-28(36-26)33(22-12-6-4-7-13-22,23-14-8-5-9-15-23)29-19-11-17-27(37-29)32(38)39;/h4-19,21H,1-3H3,(H,38,39);/q-1;. The van der Waals surface area contributed by atoms with Gasteiger partial charge in [-0.3, -0.25) is 13.8 Å². The van der Waals surface area contributed by atoms with Gasteiger partial charge in [0.25, 0.3) is 0 Å². The SMILES string of the molecule is C[Si](C)(C)c1c(F)c[c-]c(-c2cccc(C(c3ccccc3)(c3ccccc3)c3cccc(C(=O)O)n3)n2)c1F.[Pt]. The van der Waals surface area contributed by atoms with Gasteiger partial charge in [-0.25, -0.2) is 9.78 Å². The van der Waals surface area contributed by atoms with Gasteiger partial charge in [-0.05, 0) is 35.0 Å². The number of benzene rings is 3. The number of aromatic carboxylic acids is 1. The molecule has 0 atom stereocenters. The van der Waals surface area contributed by atoms with E-state index in [2.05, 4.69) is 11.1 Å². The fourth-order valence-corrected chi connectivity index (χ4v) is 6.76. The van der Waals surface area contributed by atoms with Gasteiger partial charge >= 0.3 is 5.97 Å². The summed E-state index contributed by atoms with van der Waals surface area (Å²) in [6, 6.07) is 33.2. The second-order valence-electron chi connectivity index (χ2n) is 10.6. The molecule has 0 bridgehead atoms. The number of nitrogens with zero attached hydrogens (tertiary/aromatic N) is 2. The maximum absolute atomic E-state index is 15.9. The molecule has 0 radical (unpaired) electrons. The maximum atomic E-state index is 15.9. The van der Waals surface area contributed by atoms with Crippen LogP contribution in [0.25, 0.3) is 11.3 Å². The van der Waals surface area contributed by atoms with E-state index in [0.29, 0.717) is 17.1 Å². The average molecular weight is 745 g/mol. The normalized spacial score (nSPS) is 11.5. The van der Waals surface area contributed by atoms with E-state index < -0.39 is 31.1 Å². The molecule has 0 saturated heterocycles. The quantitative estimate of drug-likeness (QED) is 0.147. The molecule has 5 aromatic rings. The first-order chi connectivity index (χ1) is 19.1. The number of hydrogen-bond donors (Lipinski definition) is 1. The second kappa shape index (κ2) is 12.0. The molecule has 0 aliphatic heterocycles. The Morgan fingerprint density at radius 2 is 1.32 bits per heavy atom. The van der Waals surface area contributed by atoms with Gasteiger partial charge in [-0.2, -0.15) is 0 Å². The summed E-state index contributed by atoms with van der Waals surface area (Å²) in [5.74, 6) is -2.41. The molecule has 5 rings (SSSR count). The van der Waals surface area contributed by atoms with Crippen molar-refractivity contribution in [2.45, 2.75) is 25.1 Å². The van der Waals surface area contributed by atoms with E-state index in [9.17, 15) is 14.3 Å². The molecule has 0 fully saturated rings. The van der Waals surface area contributed by atoms with Gasteiger partial charge in [0.05, 0.1) is 19.5 Å². The molecule has 210 valence electrons. The van der Waals surface area contributed by atoms with Gasteiger partial charge in [0, 0.05) is 32.7 Å². The number of rotatable bonds is 7. The zero-order chi connectivity index (χ0) is 28.5. The van der Waals surface area contributed by atoms with Gasteiger partial charge in [0.2, 0.25) is 0 Å². The number of pyridine rings is 2. The van der Waals surface area contributed by atoms with Gasteiger partial charge in [0.15, 0.2) is 0 Å². The van der Waals surface area contributed by atoms with Crippen LogP contribution in [0.5, 0.6) is 0 Å². The van der Waals surface area contributed by atoms with Gasteiger partial charge in [0.1, 0.15) is 11.1 Å². The largest absolute Gasteiger partial charge is 0.477 e. The minimum absolute atomic E-state index is 0. The molecule has 0 aliphatic rings. The Balaban J connectivity index is 0.00000387. The molecule has 0 unspecified atom stereocenters. The van der Waals surface area contributed by atoms with Crippen molar-refractivity contribution < 1.29 is 39.7 Å². The van der Waals surface area contributed by atoms with Crippen molar-refractivity contribution in [3.8, 4) is 11.3 Å². The van der Waals surface area contributed by atoms with Crippen LogP contribution in [0.4, 0.5) is 8.78 Å². The smallest absolute Gasteiger partial charge is 0.354 e. The van der Waals surface area contributed by atoms with E-state index in [1.807, 2.05) is 86.4 Å². The summed E-state index contributed by atoms with van der Waals surface area (Å²) in [5.41, 5.74) is 1.66. The average Bonchev–Trinajstić information content (AvgIpc) is 2.94. The first kappa shape index (κ1) is 30.2. The Kier molecular flexibility index (Phi) is 8.81. The maximum Gasteiger partial charge on any atom is 0.354 e. The van der Waals surface area contributed by atoms with Crippen LogP contribution < -0.4 is 5.19 Å². The van der Waals surface area contributed by atoms with Crippen LogP contribution in [0.3, 0.4) is 0 Å². The topological polar surface area (TPSA) is 63.1 Å². The summed E-state index contributed by atoms with van der Waals surface area (Å²) in [4.78, 5) is 21.5. The van der Waals surface area contributed by atoms with Crippen molar-refractivity contribution in [2.75, 3.05) is 0 Å². The van der Waals surface area contributed by atoms with Crippen LogP contribution in [0, 0.1) is 17.7 Å². The predicted octanol–water partition coefficient (Wildman–Crippen LogP) is 6.85. The fraction of sp³-hybridized carbons (Fsp3) is 0.121. The molecule has 2 heterocycles. The molecule has 2 aromatic heterocycles. The molecule has 0 spiro atoms. The van der Waals surface area contributed by atoms with Crippen molar-refractivity contribution >= 4 is 19.2 Å².